The summed E-state index contributed by atoms with van der Waals surface area (Å²) in [4.78, 5) is 2.38. The van der Waals surface area contributed by atoms with Gasteiger partial charge in [-0.05, 0) is 31.2 Å². The summed E-state index contributed by atoms with van der Waals surface area (Å²) in [6.07, 6.45) is 0. The number of hydrogen-bond acceptors (Lipinski definition) is 6. The lowest BCUT2D eigenvalue weighted by Crippen LogP contribution is -2.44. The van der Waals surface area contributed by atoms with Crippen LogP contribution in [0.3, 0.4) is 0 Å². The van der Waals surface area contributed by atoms with E-state index in [-0.39, 0.29) is 0 Å². The fourth-order valence-corrected chi connectivity index (χ4v) is 2.72. The van der Waals surface area contributed by atoms with Gasteiger partial charge in [-0.25, -0.2) is 0 Å². The van der Waals surface area contributed by atoms with Crippen LogP contribution in [0.1, 0.15) is 6.92 Å². The Labute approximate surface area is 148 Å². The van der Waals surface area contributed by atoms with Crippen LogP contribution in [0.25, 0.3) is 0 Å². The third-order valence-corrected chi connectivity index (χ3v) is 4.26. The van der Waals surface area contributed by atoms with Crippen molar-refractivity contribution in [3.8, 4) is 17.2 Å². The molecule has 2 aromatic rings. The second-order valence-corrected chi connectivity index (χ2v) is 6.18. The maximum Gasteiger partial charge on any atom is 0.131 e. The van der Waals surface area contributed by atoms with Crippen molar-refractivity contribution in [1.82, 2.24) is 4.90 Å². The number of anilines is 2. The van der Waals surface area contributed by atoms with Crippen molar-refractivity contribution in [2.24, 2.45) is 0 Å². The molecule has 3 rings (SSSR count). The van der Waals surface area contributed by atoms with Gasteiger partial charge in [0.2, 0.25) is 0 Å². The molecular formula is C19H25N3O3. The number of ether oxygens (including phenoxy) is 3. The first-order valence-electron chi connectivity index (χ1n) is 8.49. The van der Waals surface area contributed by atoms with E-state index < -0.39 is 0 Å². The van der Waals surface area contributed by atoms with E-state index in [2.05, 4.69) is 11.8 Å². The number of hydrogen-bond donors (Lipinski definition) is 2. The van der Waals surface area contributed by atoms with Crippen LogP contribution in [0, 0.1) is 0 Å². The standard InChI is InChI=1S/C19H25N3O3/c1-14(22-7-9-23-10-8-22)13-24-15-3-2-4-16(11-15)25-17-5-6-18(20)19(21)12-17/h2-6,11-12,14H,7-10,13,20-21H2,1H3. The van der Waals surface area contributed by atoms with E-state index in [0.29, 0.717) is 35.5 Å². The van der Waals surface area contributed by atoms with Crippen LogP contribution in [0.15, 0.2) is 42.5 Å². The minimum absolute atomic E-state index is 0.338. The highest BCUT2D eigenvalue weighted by Crippen LogP contribution is 2.28. The first-order valence-corrected chi connectivity index (χ1v) is 8.49. The Kier molecular flexibility index (Phi) is 5.63. The van der Waals surface area contributed by atoms with Gasteiger partial charge in [0.05, 0.1) is 24.6 Å². The van der Waals surface area contributed by atoms with E-state index in [4.69, 9.17) is 25.7 Å². The monoisotopic (exact) mass is 343 g/mol. The van der Waals surface area contributed by atoms with Gasteiger partial charge < -0.3 is 25.7 Å². The van der Waals surface area contributed by atoms with Crippen LogP contribution >= 0.6 is 0 Å². The lowest BCUT2D eigenvalue weighted by molar-refractivity contribution is 0.0105. The molecule has 1 aliphatic heterocycles. The predicted molar refractivity (Wildman–Crippen MR) is 99.1 cm³/mol. The molecule has 1 atom stereocenters. The van der Waals surface area contributed by atoms with Crippen molar-refractivity contribution in [2.75, 3.05) is 44.4 Å². The molecule has 25 heavy (non-hydrogen) atoms. The molecule has 0 bridgehead atoms. The Hall–Kier alpha value is -2.44. The maximum absolute atomic E-state index is 5.94. The lowest BCUT2D eigenvalue weighted by atomic mass is 10.2. The average molecular weight is 343 g/mol. The molecule has 1 fully saturated rings. The summed E-state index contributed by atoms with van der Waals surface area (Å²) in [6.45, 7) is 6.27. The molecule has 1 saturated heterocycles. The molecule has 6 nitrogen and oxygen atoms in total. The van der Waals surface area contributed by atoms with Gasteiger partial charge >= 0.3 is 0 Å². The van der Waals surface area contributed by atoms with Gasteiger partial charge in [0.15, 0.2) is 0 Å². The largest absolute Gasteiger partial charge is 0.492 e. The average Bonchev–Trinajstić information content (AvgIpc) is 2.64. The van der Waals surface area contributed by atoms with Gasteiger partial charge in [-0.3, -0.25) is 4.90 Å². The lowest BCUT2D eigenvalue weighted by Gasteiger charge is -2.32. The first-order chi connectivity index (χ1) is 12.1. The van der Waals surface area contributed by atoms with Crippen molar-refractivity contribution >= 4 is 11.4 Å². The molecule has 2 aromatic carbocycles. The second kappa shape index (κ2) is 8.09. The normalized spacial score (nSPS) is 16.4. The number of nitrogens with zero attached hydrogens (tertiary/aromatic N) is 1. The molecule has 134 valence electrons. The van der Waals surface area contributed by atoms with Gasteiger partial charge in [-0.15, -0.1) is 0 Å². The van der Waals surface area contributed by atoms with E-state index in [1.807, 2.05) is 24.3 Å². The summed E-state index contributed by atoms with van der Waals surface area (Å²) in [5, 5.41) is 0. The van der Waals surface area contributed by atoms with Crippen molar-refractivity contribution in [3.05, 3.63) is 42.5 Å². The topological polar surface area (TPSA) is 83.0 Å². The van der Waals surface area contributed by atoms with E-state index >= 15 is 0 Å². The number of benzene rings is 2. The molecule has 1 aliphatic rings. The third-order valence-electron chi connectivity index (χ3n) is 4.26. The first kappa shape index (κ1) is 17.4. The van der Waals surface area contributed by atoms with Gasteiger partial charge in [0, 0.05) is 31.3 Å². The van der Waals surface area contributed by atoms with E-state index in [9.17, 15) is 0 Å². The highest BCUT2D eigenvalue weighted by molar-refractivity contribution is 5.65. The predicted octanol–water partition coefficient (Wildman–Crippen LogP) is 2.74. The summed E-state index contributed by atoms with van der Waals surface area (Å²) >= 11 is 0. The van der Waals surface area contributed by atoms with Crippen LogP contribution in [-0.4, -0.2) is 43.9 Å². The van der Waals surface area contributed by atoms with Crippen LogP contribution in [0.4, 0.5) is 11.4 Å². The molecule has 0 radical (unpaired) electrons. The molecule has 0 amide bonds. The zero-order valence-electron chi connectivity index (χ0n) is 14.5. The fraction of sp³-hybridized carbons (Fsp3) is 0.368. The summed E-state index contributed by atoms with van der Waals surface area (Å²) in [5.74, 6) is 2.12. The van der Waals surface area contributed by atoms with Crippen molar-refractivity contribution in [3.63, 3.8) is 0 Å². The highest BCUT2D eigenvalue weighted by Gasteiger charge is 2.17. The van der Waals surface area contributed by atoms with Crippen molar-refractivity contribution in [2.45, 2.75) is 13.0 Å². The summed E-state index contributed by atoms with van der Waals surface area (Å²) in [7, 11) is 0. The van der Waals surface area contributed by atoms with Crippen LogP contribution in [-0.2, 0) is 4.74 Å². The van der Waals surface area contributed by atoms with Gasteiger partial charge in [-0.2, -0.15) is 0 Å². The van der Waals surface area contributed by atoms with Crippen molar-refractivity contribution in [1.29, 1.82) is 0 Å². The zero-order valence-corrected chi connectivity index (χ0v) is 14.5. The molecule has 0 aromatic heterocycles. The van der Waals surface area contributed by atoms with Gasteiger partial charge in [-0.1, -0.05) is 6.07 Å². The SMILES string of the molecule is CC(COc1cccc(Oc2ccc(N)c(N)c2)c1)N1CCOCC1. The summed E-state index contributed by atoms with van der Waals surface area (Å²) < 4.78 is 17.2. The fourth-order valence-electron chi connectivity index (χ4n) is 2.72. The minimum atomic E-state index is 0.338. The number of rotatable bonds is 6. The molecule has 4 N–H and O–H groups in total. The van der Waals surface area contributed by atoms with Crippen molar-refractivity contribution < 1.29 is 14.2 Å². The van der Waals surface area contributed by atoms with Gasteiger partial charge in [0.25, 0.3) is 0 Å². The second-order valence-electron chi connectivity index (χ2n) is 6.18. The molecule has 6 heteroatoms. The molecule has 0 spiro atoms. The van der Waals surface area contributed by atoms with Crippen LogP contribution in [0.2, 0.25) is 0 Å². The summed E-state index contributed by atoms with van der Waals surface area (Å²) in [6, 6.07) is 13.2. The van der Waals surface area contributed by atoms with Crippen LogP contribution in [0.5, 0.6) is 17.2 Å². The highest BCUT2D eigenvalue weighted by atomic mass is 16.5. The Balaban J connectivity index is 1.58. The summed E-state index contributed by atoms with van der Waals surface area (Å²) in [5.41, 5.74) is 12.6. The smallest absolute Gasteiger partial charge is 0.131 e. The Morgan fingerprint density at radius 3 is 2.48 bits per heavy atom. The quantitative estimate of drug-likeness (QED) is 0.785. The Morgan fingerprint density at radius 1 is 1.00 bits per heavy atom. The molecular weight excluding hydrogens is 318 g/mol. The number of nitrogen functional groups attached to an aromatic ring is 2. The van der Waals surface area contributed by atoms with Gasteiger partial charge in [0.1, 0.15) is 23.9 Å². The molecule has 0 saturated carbocycles. The molecule has 1 unspecified atom stereocenters. The zero-order chi connectivity index (χ0) is 17.6. The third kappa shape index (κ3) is 4.78. The molecule has 1 heterocycles. The Bertz CT molecular complexity index is 702. The minimum Gasteiger partial charge on any atom is -0.492 e. The molecule has 0 aliphatic carbocycles. The Morgan fingerprint density at radius 2 is 1.72 bits per heavy atom. The van der Waals surface area contributed by atoms with Crippen LogP contribution < -0.4 is 20.9 Å². The number of nitrogens with two attached hydrogens (primary N) is 2. The maximum atomic E-state index is 5.94. The number of morpholine rings is 1. The van der Waals surface area contributed by atoms with E-state index in [1.54, 1.807) is 18.2 Å². The van der Waals surface area contributed by atoms with E-state index in [1.165, 1.54) is 0 Å². The van der Waals surface area contributed by atoms with E-state index in [0.717, 1.165) is 32.1 Å².